The number of pyridine rings is 1. The first-order valence-corrected chi connectivity index (χ1v) is 11.9. The van der Waals surface area contributed by atoms with E-state index in [4.69, 9.17) is 9.47 Å². The molecule has 9 nitrogen and oxygen atoms in total. The highest BCUT2D eigenvalue weighted by Gasteiger charge is 2.29. The predicted molar refractivity (Wildman–Crippen MR) is 118 cm³/mol. The number of ether oxygens (including phenoxy) is 2. The fourth-order valence-corrected chi connectivity index (χ4v) is 4.74. The minimum atomic E-state index is -3.31. The smallest absolute Gasteiger partial charge is 0.259 e. The van der Waals surface area contributed by atoms with Gasteiger partial charge in [-0.05, 0) is 19.1 Å². The average molecular weight is 452 g/mol. The van der Waals surface area contributed by atoms with Crippen LogP contribution < -0.4 is 5.43 Å². The van der Waals surface area contributed by atoms with Crippen LogP contribution in [0.15, 0.2) is 29.2 Å². The Labute approximate surface area is 182 Å². The standard InChI is InChI=1S/C21H29N3O6S/c1-15-5-6-19-17(11-15)20(25)18(12-24(19)16(13-29-2)14-30-3)21(26)22-7-9-23(10-8-22)31(4,27)28/h5-6,11-12,16H,7-10,13-14H2,1-4H3. The van der Waals surface area contributed by atoms with Gasteiger partial charge in [-0.3, -0.25) is 9.59 Å². The van der Waals surface area contributed by atoms with E-state index in [1.165, 1.54) is 9.21 Å². The summed E-state index contributed by atoms with van der Waals surface area (Å²) in [5.41, 5.74) is 1.34. The Bertz CT molecular complexity index is 1110. The maximum Gasteiger partial charge on any atom is 0.259 e. The average Bonchev–Trinajstić information content (AvgIpc) is 2.73. The summed E-state index contributed by atoms with van der Waals surface area (Å²) in [5, 5.41) is 0.456. The van der Waals surface area contributed by atoms with Crippen LogP contribution >= 0.6 is 0 Å². The van der Waals surface area contributed by atoms with Crippen molar-refractivity contribution >= 4 is 26.8 Å². The van der Waals surface area contributed by atoms with Gasteiger partial charge in [0.1, 0.15) is 5.56 Å². The third-order valence-electron chi connectivity index (χ3n) is 5.52. The Morgan fingerprint density at radius 2 is 1.71 bits per heavy atom. The molecule has 170 valence electrons. The van der Waals surface area contributed by atoms with E-state index in [-0.39, 0.29) is 43.2 Å². The maximum absolute atomic E-state index is 13.3. The summed E-state index contributed by atoms with van der Waals surface area (Å²) < 4.78 is 37.4. The maximum atomic E-state index is 13.3. The second kappa shape index (κ2) is 9.47. The molecule has 0 unspecified atom stereocenters. The number of rotatable bonds is 7. The van der Waals surface area contributed by atoms with E-state index in [9.17, 15) is 18.0 Å². The molecular weight excluding hydrogens is 422 g/mol. The number of fused-ring (bicyclic) bond motifs is 1. The van der Waals surface area contributed by atoms with E-state index in [0.717, 1.165) is 11.8 Å². The van der Waals surface area contributed by atoms with Gasteiger partial charge in [0.15, 0.2) is 0 Å². The molecule has 0 bridgehead atoms. The summed E-state index contributed by atoms with van der Waals surface area (Å²) in [6, 6.07) is 5.34. The number of aryl methyl sites for hydroxylation is 1. The van der Waals surface area contributed by atoms with Crippen molar-refractivity contribution in [1.29, 1.82) is 0 Å². The van der Waals surface area contributed by atoms with Crippen molar-refractivity contribution in [1.82, 2.24) is 13.8 Å². The molecule has 0 N–H and O–H groups in total. The lowest BCUT2D eigenvalue weighted by molar-refractivity contribution is 0.0692. The molecule has 1 fully saturated rings. The molecule has 10 heteroatoms. The molecular formula is C21H29N3O6S. The lowest BCUT2D eigenvalue weighted by atomic mass is 10.1. The van der Waals surface area contributed by atoms with Crippen molar-refractivity contribution in [2.45, 2.75) is 13.0 Å². The minimum absolute atomic E-state index is 0.0584. The van der Waals surface area contributed by atoms with Crippen LogP contribution in [0.25, 0.3) is 10.9 Å². The molecule has 0 aliphatic carbocycles. The monoisotopic (exact) mass is 451 g/mol. The van der Waals surface area contributed by atoms with E-state index < -0.39 is 15.9 Å². The van der Waals surface area contributed by atoms with Gasteiger partial charge < -0.3 is 18.9 Å². The Kier molecular flexibility index (Phi) is 7.15. The number of sulfonamides is 1. The molecule has 1 saturated heterocycles. The van der Waals surface area contributed by atoms with Gasteiger partial charge in [-0.1, -0.05) is 11.6 Å². The van der Waals surface area contributed by atoms with Crippen molar-refractivity contribution in [3.63, 3.8) is 0 Å². The normalized spacial score (nSPS) is 15.7. The van der Waals surface area contributed by atoms with E-state index in [1.807, 2.05) is 23.6 Å². The van der Waals surface area contributed by atoms with Crippen LogP contribution in [0.2, 0.25) is 0 Å². The zero-order valence-electron chi connectivity index (χ0n) is 18.3. The van der Waals surface area contributed by atoms with E-state index in [2.05, 4.69) is 0 Å². The van der Waals surface area contributed by atoms with Crippen LogP contribution in [0.3, 0.4) is 0 Å². The SMILES string of the molecule is COCC(COC)n1cc(C(=O)N2CCN(S(C)(=O)=O)CC2)c(=O)c2cc(C)ccc21. The summed E-state index contributed by atoms with van der Waals surface area (Å²) in [5.74, 6) is -0.399. The number of nitrogens with zero attached hydrogens (tertiary/aromatic N) is 3. The number of carbonyl (C=O) groups excluding carboxylic acids is 1. The molecule has 0 saturated carbocycles. The summed E-state index contributed by atoms with van der Waals surface area (Å²) >= 11 is 0. The van der Waals surface area contributed by atoms with E-state index in [0.29, 0.717) is 24.1 Å². The number of hydrogen-bond donors (Lipinski definition) is 0. The Hall–Kier alpha value is -2.27. The van der Waals surface area contributed by atoms with Crippen molar-refractivity contribution in [3.8, 4) is 0 Å². The summed E-state index contributed by atoms with van der Waals surface area (Å²) in [7, 11) is -0.134. The molecule has 0 spiro atoms. The highest BCUT2D eigenvalue weighted by molar-refractivity contribution is 7.88. The largest absolute Gasteiger partial charge is 0.382 e. The molecule has 3 rings (SSSR count). The Morgan fingerprint density at radius 1 is 1.10 bits per heavy atom. The third kappa shape index (κ3) is 4.98. The number of carbonyl (C=O) groups is 1. The number of piperazine rings is 1. The Morgan fingerprint density at radius 3 is 2.26 bits per heavy atom. The molecule has 1 aliphatic rings. The molecule has 1 amide bonds. The molecule has 1 aromatic heterocycles. The lowest BCUT2D eigenvalue weighted by Crippen LogP contribution is -2.51. The quantitative estimate of drug-likeness (QED) is 0.619. The van der Waals surface area contributed by atoms with Crippen LogP contribution in [-0.2, 0) is 19.5 Å². The van der Waals surface area contributed by atoms with Crippen molar-refractivity contribution in [3.05, 3.63) is 45.7 Å². The first-order valence-electron chi connectivity index (χ1n) is 10.0. The lowest BCUT2D eigenvalue weighted by Gasteiger charge is -2.33. The molecule has 2 heterocycles. The molecule has 2 aromatic rings. The van der Waals surface area contributed by atoms with Crippen molar-refractivity contribution < 1.29 is 22.7 Å². The second-order valence-electron chi connectivity index (χ2n) is 7.82. The molecule has 1 aromatic carbocycles. The Balaban J connectivity index is 2.05. The molecule has 0 atom stereocenters. The zero-order valence-corrected chi connectivity index (χ0v) is 19.1. The second-order valence-corrected chi connectivity index (χ2v) is 9.80. The number of aromatic nitrogens is 1. The van der Waals surface area contributed by atoms with Gasteiger partial charge in [-0.25, -0.2) is 8.42 Å². The predicted octanol–water partition coefficient (Wildman–Crippen LogP) is 0.861. The summed E-state index contributed by atoms with van der Waals surface area (Å²) in [4.78, 5) is 28.1. The fraction of sp³-hybridized carbons (Fsp3) is 0.524. The van der Waals surface area contributed by atoms with Crippen molar-refractivity contribution in [2.75, 3.05) is 59.9 Å². The minimum Gasteiger partial charge on any atom is -0.382 e. The number of hydrogen-bond acceptors (Lipinski definition) is 6. The topological polar surface area (TPSA) is 98.2 Å². The van der Waals surface area contributed by atoms with Crippen LogP contribution in [0.5, 0.6) is 0 Å². The fourth-order valence-electron chi connectivity index (χ4n) is 3.91. The highest BCUT2D eigenvalue weighted by atomic mass is 32.2. The van der Waals surface area contributed by atoms with Gasteiger partial charge in [0.25, 0.3) is 5.91 Å². The molecule has 1 aliphatic heterocycles. The molecule has 0 radical (unpaired) electrons. The van der Waals surface area contributed by atoms with E-state index >= 15 is 0 Å². The summed E-state index contributed by atoms with van der Waals surface area (Å²) in [6.45, 7) is 3.47. The van der Waals surface area contributed by atoms with Gasteiger partial charge in [0.05, 0.1) is 31.0 Å². The van der Waals surface area contributed by atoms with Gasteiger partial charge in [-0.15, -0.1) is 0 Å². The van der Waals surface area contributed by atoms with Crippen LogP contribution in [0.4, 0.5) is 0 Å². The zero-order chi connectivity index (χ0) is 22.8. The van der Waals surface area contributed by atoms with Crippen LogP contribution in [0, 0.1) is 6.92 Å². The van der Waals surface area contributed by atoms with Gasteiger partial charge in [-0.2, -0.15) is 4.31 Å². The van der Waals surface area contributed by atoms with Gasteiger partial charge >= 0.3 is 0 Å². The first kappa shape index (κ1) is 23.4. The van der Waals surface area contributed by atoms with Gasteiger partial charge in [0, 0.05) is 52.0 Å². The van der Waals surface area contributed by atoms with E-state index in [1.54, 1.807) is 26.5 Å². The first-order chi connectivity index (χ1) is 14.7. The van der Waals surface area contributed by atoms with Crippen LogP contribution in [0.1, 0.15) is 22.0 Å². The van der Waals surface area contributed by atoms with Crippen molar-refractivity contribution in [2.24, 2.45) is 0 Å². The number of methoxy groups -OCH3 is 2. The number of benzene rings is 1. The van der Waals surface area contributed by atoms with Gasteiger partial charge in [0.2, 0.25) is 15.5 Å². The number of amides is 1. The highest BCUT2D eigenvalue weighted by Crippen LogP contribution is 2.21. The molecule has 31 heavy (non-hydrogen) atoms. The van der Waals surface area contributed by atoms with Crippen LogP contribution in [-0.4, -0.2) is 88.0 Å². The summed E-state index contributed by atoms with van der Waals surface area (Å²) in [6.07, 6.45) is 2.73. The third-order valence-corrected chi connectivity index (χ3v) is 6.83.